The van der Waals surface area contributed by atoms with Gasteiger partial charge in [-0.2, -0.15) is 4.31 Å². The smallest absolute Gasteiger partial charge is 0.307 e. The van der Waals surface area contributed by atoms with Gasteiger partial charge in [0.05, 0.1) is 109 Å². The molecule has 29 nitrogen and oxygen atoms in total. The number of ether oxygens (including phenoxy) is 13. The van der Waals surface area contributed by atoms with Crippen LogP contribution in [-0.4, -0.2) is 252 Å². The van der Waals surface area contributed by atoms with Crippen LogP contribution in [0, 0.1) is 0 Å². The number of benzene rings is 4. The number of carboxylic acids is 1. The number of carboxylic acid groups (broad SMARTS) is 1. The fourth-order valence-corrected chi connectivity index (χ4v) is 15.9. The Kier molecular flexibility index (Phi) is 37.4. The maximum absolute atomic E-state index is 14.1. The Hall–Kier alpha value is -5.06. The zero-order valence-corrected chi connectivity index (χ0v) is 60.9. The first kappa shape index (κ1) is 83.9. The van der Waals surface area contributed by atoms with Gasteiger partial charge in [0, 0.05) is 87.6 Å². The van der Waals surface area contributed by atoms with E-state index in [2.05, 4.69) is 14.2 Å². The van der Waals surface area contributed by atoms with Crippen molar-refractivity contribution in [3.63, 3.8) is 0 Å². The SMILES string of the molecule is COCCOCCNS(=O)(=O)CCCOC1c2cc(CC(=O)O)ccc2-c2ccc(-c3ccc4c(c3)C(OCCCS(=O)(=O)N(CCCN)CCOCCOC)C(OCCCS(=O)(=O)NCCOCCOC)c3cc(COC=O)ccc3-4)cc2C1OCCCS(=O)(=O)NCCOCCOC. The van der Waals surface area contributed by atoms with E-state index in [-0.39, 0.29) is 167 Å². The summed E-state index contributed by atoms with van der Waals surface area (Å²) < 4.78 is 191. The normalized spacial score (nSPS) is 16.1. The van der Waals surface area contributed by atoms with Gasteiger partial charge in [-0.3, -0.25) is 9.59 Å². The molecule has 0 amide bonds. The molecule has 6 rings (SSSR count). The highest BCUT2D eigenvalue weighted by Gasteiger charge is 2.39. The van der Waals surface area contributed by atoms with Crippen LogP contribution in [0.5, 0.6) is 0 Å². The van der Waals surface area contributed by atoms with Crippen molar-refractivity contribution in [1.29, 1.82) is 0 Å². The topological polar surface area (TPSA) is 376 Å². The van der Waals surface area contributed by atoms with Gasteiger partial charge in [0.1, 0.15) is 31.0 Å². The summed E-state index contributed by atoms with van der Waals surface area (Å²) in [5.74, 6) is -2.28. The molecular formula is C67H101N5O24S4. The molecule has 0 spiro atoms. The largest absolute Gasteiger partial charge is 0.481 e. The second-order valence-corrected chi connectivity index (χ2v) is 31.3. The molecule has 6 N–H and O–H groups in total. The minimum atomic E-state index is -3.87. The van der Waals surface area contributed by atoms with Crippen molar-refractivity contribution in [2.45, 2.75) is 69.5 Å². The lowest BCUT2D eigenvalue weighted by atomic mass is 9.78. The van der Waals surface area contributed by atoms with Gasteiger partial charge in [-0.15, -0.1) is 0 Å². The fourth-order valence-electron chi connectivity index (χ4n) is 11.3. The number of nitrogens with zero attached hydrogens (tertiary/aromatic N) is 1. The maximum Gasteiger partial charge on any atom is 0.307 e. The third kappa shape index (κ3) is 28.2. The summed E-state index contributed by atoms with van der Waals surface area (Å²) in [4.78, 5) is 23.7. The van der Waals surface area contributed by atoms with Gasteiger partial charge in [0.25, 0.3) is 6.47 Å². The van der Waals surface area contributed by atoms with E-state index in [0.717, 1.165) is 11.1 Å². The van der Waals surface area contributed by atoms with Crippen LogP contribution >= 0.6 is 0 Å². The molecule has 0 bridgehead atoms. The number of nitrogens with two attached hydrogens (primary N) is 1. The van der Waals surface area contributed by atoms with Gasteiger partial charge in [-0.05, 0) is 124 Å². The van der Waals surface area contributed by atoms with E-state index in [1.807, 2.05) is 60.7 Å². The van der Waals surface area contributed by atoms with Crippen molar-refractivity contribution >= 4 is 52.5 Å². The van der Waals surface area contributed by atoms with Crippen molar-refractivity contribution < 1.29 is 110 Å². The summed E-state index contributed by atoms with van der Waals surface area (Å²) >= 11 is 0. The molecule has 4 aromatic carbocycles. The molecule has 4 aromatic rings. The van der Waals surface area contributed by atoms with E-state index in [4.69, 9.17) is 67.3 Å². The molecule has 4 unspecified atom stereocenters. The summed E-state index contributed by atoms with van der Waals surface area (Å²) in [5, 5.41) is 9.96. The molecule has 0 fully saturated rings. The zero-order chi connectivity index (χ0) is 72.2. The molecule has 0 heterocycles. The summed E-state index contributed by atoms with van der Waals surface area (Å²) in [5.41, 5.74) is 13.6. The molecule has 4 atom stereocenters. The first-order valence-corrected chi connectivity index (χ1v) is 39.9. The van der Waals surface area contributed by atoms with E-state index in [0.29, 0.717) is 108 Å². The Labute approximate surface area is 589 Å². The van der Waals surface area contributed by atoms with Crippen LogP contribution in [0.3, 0.4) is 0 Å². The second kappa shape index (κ2) is 44.6. The molecule has 0 saturated heterocycles. The van der Waals surface area contributed by atoms with Crippen LogP contribution in [0.4, 0.5) is 0 Å². The van der Waals surface area contributed by atoms with Gasteiger partial charge in [0.15, 0.2) is 0 Å². The van der Waals surface area contributed by atoms with Gasteiger partial charge < -0.3 is 72.4 Å². The Balaban J connectivity index is 1.41. The molecule has 0 aromatic heterocycles. The number of sulfonamides is 4. The quantitative estimate of drug-likeness (QED) is 0.0305. The van der Waals surface area contributed by atoms with E-state index < -0.39 is 70.5 Å². The van der Waals surface area contributed by atoms with Crippen LogP contribution in [0.2, 0.25) is 0 Å². The third-order valence-corrected chi connectivity index (χ3v) is 22.4. The zero-order valence-electron chi connectivity index (χ0n) is 57.6. The number of nitrogens with one attached hydrogen (secondary N) is 3. The van der Waals surface area contributed by atoms with Gasteiger partial charge >= 0.3 is 5.97 Å². The molecular weight excluding hydrogens is 1390 g/mol. The average Bonchev–Trinajstić information content (AvgIpc) is 0.745. The third-order valence-electron chi connectivity index (χ3n) is 16.0. The van der Waals surface area contributed by atoms with Crippen molar-refractivity contribution in [3.8, 4) is 33.4 Å². The number of hydrogen-bond acceptors (Lipinski definition) is 24. The lowest BCUT2D eigenvalue weighted by molar-refractivity contribution is -0.136. The second-order valence-electron chi connectivity index (χ2n) is 23.4. The van der Waals surface area contributed by atoms with Gasteiger partial charge in [-0.25, -0.2) is 47.8 Å². The van der Waals surface area contributed by atoms with E-state index >= 15 is 0 Å². The van der Waals surface area contributed by atoms with Crippen LogP contribution in [0.1, 0.15) is 89.9 Å². The number of rotatable bonds is 57. The molecule has 562 valence electrons. The Morgan fingerprint density at radius 2 is 0.810 bits per heavy atom. The van der Waals surface area contributed by atoms with Crippen molar-refractivity contribution in [1.82, 2.24) is 18.5 Å². The summed E-state index contributed by atoms with van der Waals surface area (Å²) in [6, 6.07) is 22.3. The Bertz CT molecular complexity index is 3590. The Morgan fingerprint density at radius 1 is 0.450 bits per heavy atom. The minimum Gasteiger partial charge on any atom is -0.481 e. The molecule has 2 aliphatic carbocycles. The van der Waals surface area contributed by atoms with Crippen LogP contribution in [-0.2, 0) is 124 Å². The van der Waals surface area contributed by atoms with E-state index in [9.17, 15) is 48.4 Å². The number of aliphatic carboxylic acids is 1. The van der Waals surface area contributed by atoms with Gasteiger partial charge in [0.2, 0.25) is 40.1 Å². The van der Waals surface area contributed by atoms with Crippen molar-refractivity contribution in [3.05, 3.63) is 106 Å². The standard InChI is InChI=1S/C67H101N5O24S4/c1-84-32-36-88-28-19-69-97(76,77)40-6-24-93-64-59-44-51(46-63(74)75)10-14-55(59)57-16-12-53(47-61(57)66(64)95-26-8-42-99(80,81)71-21-30-90-38-34-86-3)54-13-17-58-56-15-11-52(49-92-50-73)45-60(56)65(94-25-7-41-98(78,79)70-20-29-89-37-33-85-2)67(62(58)48-54)96-27-9-43-100(82,83)72(22-5-18-68)23-31-91-39-35-87-4/h10-17,44-45,47-48,50,64-67,69-71H,5-9,18-43,46,49,68H2,1-4H3,(H,74,75). The number of methoxy groups -OCH3 is 4. The molecule has 2 aliphatic rings. The Morgan fingerprint density at radius 3 is 1.19 bits per heavy atom. The predicted molar refractivity (Wildman–Crippen MR) is 373 cm³/mol. The lowest BCUT2D eigenvalue weighted by Crippen LogP contribution is -2.37. The number of carbonyl (C=O) groups is 2. The first-order chi connectivity index (χ1) is 48.2. The molecule has 0 aliphatic heterocycles. The van der Waals surface area contributed by atoms with Crippen LogP contribution < -0.4 is 19.9 Å². The predicted octanol–water partition coefficient (Wildman–Crippen LogP) is 4.20. The van der Waals surface area contributed by atoms with E-state index in [1.165, 1.54) is 25.6 Å². The van der Waals surface area contributed by atoms with Crippen LogP contribution in [0.15, 0.2) is 72.8 Å². The number of fused-ring (bicyclic) bond motifs is 6. The lowest BCUT2D eigenvalue weighted by Gasteiger charge is -2.37. The summed E-state index contributed by atoms with van der Waals surface area (Å²) in [6.45, 7) is 3.63. The van der Waals surface area contributed by atoms with Crippen molar-refractivity contribution in [2.24, 2.45) is 5.73 Å². The highest BCUT2D eigenvalue weighted by atomic mass is 32.2. The minimum absolute atomic E-state index is 0.0310. The monoisotopic (exact) mass is 1490 g/mol. The average molecular weight is 1490 g/mol. The highest BCUT2D eigenvalue weighted by molar-refractivity contribution is 7.90. The van der Waals surface area contributed by atoms with E-state index in [1.54, 1.807) is 19.2 Å². The molecule has 0 saturated carbocycles. The fraction of sp³-hybridized carbons (Fsp3) is 0.612. The molecule has 100 heavy (non-hydrogen) atoms. The highest BCUT2D eigenvalue weighted by Crippen LogP contribution is 2.52. The van der Waals surface area contributed by atoms with Gasteiger partial charge in [-0.1, -0.05) is 54.6 Å². The molecule has 0 radical (unpaired) electrons. The summed E-state index contributed by atoms with van der Waals surface area (Å²) in [6.07, 6.45) is -3.61. The van der Waals surface area contributed by atoms with Crippen LogP contribution in [0.25, 0.3) is 33.4 Å². The first-order valence-electron chi connectivity index (χ1n) is 33.4. The summed E-state index contributed by atoms with van der Waals surface area (Å²) in [7, 11) is -9.12. The van der Waals surface area contributed by atoms with Crippen molar-refractivity contribution in [2.75, 3.05) is 196 Å². The maximum atomic E-state index is 14.1. The number of hydrogen-bond donors (Lipinski definition) is 5. The molecule has 33 heteroatoms. The number of carbonyl (C=O) groups excluding carboxylic acids is 1.